The van der Waals surface area contributed by atoms with Crippen LogP contribution in [0.5, 0.6) is 11.5 Å². The molecule has 2 aromatic carbocycles. The van der Waals surface area contributed by atoms with E-state index in [0.29, 0.717) is 5.92 Å². The summed E-state index contributed by atoms with van der Waals surface area (Å²) in [4.78, 5) is 0. The van der Waals surface area contributed by atoms with E-state index in [4.69, 9.17) is 9.15 Å². The summed E-state index contributed by atoms with van der Waals surface area (Å²) in [7, 11) is 2.12. The molecule has 1 aliphatic rings. The Morgan fingerprint density at radius 2 is 1.89 bits per heavy atom. The molecular formula is C24H24NO2+. The minimum Gasteiger partial charge on any atom is -0.464 e. The Morgan fingerprint density at radius 3 is 2.67 bits per heavy atom. The number of pyridine rings is 1. The normalized spacial score (nSPS) is 12.7. The fourth-order valence-corrected chi connectivity index (χ4v) is 4.51. The average Bonchev–Trinajstić information content (AvgIpc) is 3.11. The van der Waals surface area contributed by atoms with Crippen molar-refractivity contribution in [2.45, 2.75) is 34.1 Å². The van der Waals surface area contributed by atoms with Crippen molar-refractivity contribution in [3.05, 3.63) is 53.4 Å². The Kier molecular flexibility index (Phi) is 3.39. The molecule has 0 bridgehead atoms. The summed E-state index contributed by atoms with van der Waals surface area (Å²) < 4.78 is 14.5. The van der Waals surface area contributed by atoms with Crippen molar-refractivity contribution in [1.82, 2.24) is 0 Å². The third-order valence-electron chi connectivity index (χ3n) is 5.70. The first-order chi connectivity index (χ1) is 13.0. The molecule has 0 saturated heterocycles. The zero-order chi connectivity index (χ0) is 18.9. The van der Waals surface area contributed by atoms with E-state index in [1.807, 2.05) is 0 Å². The monoisotopic (exact) mass is 358 g/mol. The molecule has 0 saturated carbocycles. The lowest BCUT2D eigenvalue weighted by atomic mass is 9.90. The van der Waals surface area contributed by atoms with E-state index < -0.39 is 0 Å². The molecule has 2 aromatic heterocycles. The van der Waals surface area contributed by atoms with Gasteiger partial charge in [-0.15, -0.1) is 0 Å². The zero-order valence-electron chi connectivity index (χ0n) is 16.5. The summed E-state index contributed by atoms with van der Waals surface area (Å²) in [6, 6.07) is 8.78. The Morgan fingerprint density at radius 1 is 1.07 bits per heavy atom. The van der Waals surface area contributed by atoms with Crippen molar-refractivity contribution >= 4 is 21.7 Å². The molecule has 0 atom stereocenters. The van der Waals surface area contributed by atoms with Gasteiger partial charge < -0.3 is 9.15 Å². The molecular weight excluding hydrogens is 334 g/mol. The fourth-order valence-electron chi connectivity index (χ4n) is 4.51. The number of ether oxygens (including phenoxy) is 1. The van der Waals surface area contributed by atoms with Crippen molar-refractivity contribution in [2.24, 2.45) is 13.0 Å². The van der Waals surface area contributed by atoms with E-state index in [-0.39, 0.29) is 0 Å². The van der Waals surface area contributed by atoms with Crippen molar-refractivity contribution in [3.8, 4) is 22.8 Å². The fraction of sp³-hybridized carbons (Fsp3) is 0.292. The van der Waals surface area contributed by atoms with E-state index in [1.165, 1.54) is 33.2 Å². The molecule has 5 rings (SSSR count). The van der Waals surface area contributed by atoms with Crippen LogP contribution >= 0.6 is 0 Å². The quantitative estimate of drug-likeness (QED) is 0.362. The Balaban J connectivity index is 1.91. The minimum absolute atomic E-state index is 0.608. The van der Waals surface area contributed by atoms with Crippen molar-refractivity contribution in [2.75, 3.05) is 0 Å². The lowest BCUT2D eigenvalue weighted by Gasteiger charge is -2.23. The second kappa shape index (κ2) is 5.59. The van der Waals surface area contributed by atoms with Crippen LogP contribution in [-0.2, 0) is 13.5 Å². The van der Waals surface area contributed by atoms with Gasteiger partial charge in [-0.05, 0) is 54.8 Å². The molecule has 0 N–H and O–H groups in total. The number of fused-ring (bicyclic) bond motifs is 3. The number of nitrogens with zero attached hydrogens (tertiary/aromatic N) is 1. The zero-order valence-corrected chi connectivity index (χ0v) is 16.5. The van der Waals surface area contributed by atoms with Gasteiger partial charge in [0.25, 0.3) is 0 Å². The molecule has 4 aromatic rings. The SMILES string of the molecule is Cc1c2c(c(C)c3occc13)Oc1cc(CC(C)C)cc3cc[n+](C)c-2c13. The number of aryl methyl sites for hydroxylation is 3. The number of rotatable bonds is 2. The Labute approximate surface area is 159 Å². The van der Waals surface area contributed by atoms with Gasteiger partial charge in [0, 0.05) is 17.0 Å². The molecule has 0 spiro atoms. The summed E-state index contributed by atoms with van der Waals surface area (Å²) >= 11 is 0. The summed E-state index contributed by atoms with van der Waals surface area (Å²) in [5.74, 6) is 2.49. The highest BCUT2D eigenvalue weighted by atomic mass is 16.5. The first kappa shape index (κ1) is 16.4. The first-order valence-electron chi connectivity index (χ1n) is 9.59. The molecule has 0 radical (unpaired) electrons. The third-order valence-corrected chi connectivity index (χ3v) is 5.70. The molecule has 27 heavy (non-hydrogen) atoms. The number of hydrogen-bond donors (Lipinski definition) is 0. The molecule has 0 unspecified atom stereocenters. The molecule has 1 aliphatic heterocycles. The predicted octanol–water partition coefficient (Wildman–Crippen LogP) is 6.00. The van der Waals surface area contributed by atoms with Gasteiger partial charge in [-0.3, -0.25) is 0 Å². The van der Waals surface area contributed by atoms with Gasteiger partial charge in [-0.2, -0.15) is 0 Å². The topological polar surface area (TPSA) is 26.2 Å². The summed E-state index contributed by atoms with van der Waals surface area (Å²) in [6.07, 6.45) is 4.97. The maximum absolute atomic E-state index is 6.54. The largest absolute Gasteiger partial charge is 0.464 e. The van der Waals surface area contributed by atoms with Gasteiger partial charge in [0.15, 0.2) is 6.20 Å². The Hall–Kier alpha value is -2.81. The van der Waals surface area contributed by atoms with Crippen LogP contribution < -0.4 is 9.30 Å². The number of benzene rings is 2. The molecule has 3 heterocycles. The minimum atomic E-state index is 0.608. The van der Waals surface area contributed by atoms with Crippen LogP contribution in [0, 0.1) is 19.8 Å². The maximum atomic E-state index is 6.54. The van der Waals surface area contributed by atoms with Gasteiger partial charge in [-0.1, -0.05) is 19.9 Å². The standard InChI is InChI=1S/C24H24NO2/c1-13(2)10-16-11-17-6-8-25(5)22-20-14(3)18-7-9-26-23(18)15(4)24(20)27-19(12-16)21(17)22/h6-9,11-13H,10H2,1-5H3/q+1. The van der Waals surface area contributed by atoms with Crippen LogP contribution in [0.4, 0.5) is 0 Å². The van der Waals surface area contributed by atoms with Crippen LogP contribution in [0.2, 0.25) is 0 Å². The molecule has 3 nitrogen and oxygen atoms in total. The number of aromatic nitrogens is 1. The number of furan rings is 1. The average molecular weight is 358 g/mol. The van der Waals surface area contributed by atoms with E-state index in [2.05, 4.69) is 69.8 Å². The second-order valence-electron chi connectivity index (χ2n) is 8.15. The maximum Gasteiger partial charge on any atom is 0.228 e. The highest BCUT2D eigenvalue weighted by Crippen LogP contribution is 2.50. The number of hydrogen-bond acceptors (Lipinski definition) is 2. The van der Waals surface area contributed by atoms with Gasteiger partial charge in [0.1, 0.15) is 24.1 Å². The van der Waals surface area contributed by atoms with Gasteiger partial charge in [0.05, 0.1) is 17.2 Å². The van der Waals surface area contributed by atoms with Crippen LogP contribution in [0.15, 0.2) is 41.1 Å². The molecule has 0 aliphatic carbocycles. The van der Waals surface area contributed by atoms with Gasteiger partial charge in [-0.25, -0.2) is 4.57 Å². The lowest BCUT2D eigenvalue weighted by molar-refractivity contribution is -0.659. The van der Waals surface area contributed by atoms with E-state index in [0.717, 1.165) is 34.5 Å². The highest BCUT2D eigenvalue weighted by molar-refractivity contribution is 6.05. The van der Waals surface area contributed by atoms with Crippen molar-refractivity contribution in [3.63, 3.8) is 0 Å². The van der Waals surface area contributed by atoms with Gasteiger partial charge in [0.2, 0.25) is 5.69 Å². The highest BCUT2D eigenvalue weighted by Gasteiger charge is 2.32. The van der Waals surface area contributed by atoms with Crippen LogP contribution in [0.25, 0.3) is 33.0 Å². The molecule has 0 amide bonds. The first-order valence-corrected chi connectivity index (χ1v) is 9.59. The molecule has 3 heteroatoms. The third kappa shape index (κ3) is 2.24. The van der Waals surface area contributed by atoms with E-state index >= 15 is 0 Å². The van der Waals surface area contributed by atoms with E-state index in [9.17, 15) is 0 Å². The summed E-state index contributed by atoms with van der Waals surface area (Å²) in [5, 5.41) is 3.60. The molecule has 0 fully saturated rings. The summed E-state index contributed by atoms with van der Waals surface area (Å²) in [5.41, 5.74) is 6.92. The van der Waals surface area contributed by atoms with Crippen LogP contribution in [-0.4, -0.2) is 0 Å². The predicted molar refractivity (Wildman–Crippen MR) is 108 cm³/mol. The molecule has 136 valence electrons. The van der Waals surface area contributed by atoms with Crippen LogP contribution in [0.1, 0.15) is 30.5 Å². The van der Waals surface area contributed by atoms with Crippen molar-refractivity contribution in [1.29, 1.82) is 0 Å². The smallest absolute Gasteiger partial charge is 0.228 e. The van der Waals surface area contributed by atoms with Crippen molar-refractivity contribution < 1.29 is 13.7 Å². The lowest BCUT2D eigenvalue weighted by Crippen LogP contribution is -2.32. The second-order valence-corrected chi connectivity index (χ2v) is 8.15. The van der Waals surface area contributed by atoms with Gasteiger partial charge >= 0.3 is 0 Å². The van der Waals surface area contributed by atoms with Crippen LogP contribution in [0.3, 0.4) is 0 Å². The summed E-state index contributed by atoms with van der Waals surface area (Å²) in [6.45, 7) is 8.76. The van der Waals surface area contributed by atoms with E-state index in [1.54, 1.807) is 6.26 Å². The Bertz CT molecular complexity index is 1230.